The molecule has 0 unspecified atom stereocenters. The molecule has 0 bridgehead atoms. The summed E-state index contributed by atoms with van der Waals surface area (Å²) in [5, 5.41) is 2.91. The largest absolute Gasteiger partial charge is 0.353 e. The molecule has 1 N–H and O–H groups in total. The standard InChI is InChI=1S/C21H23N7O/c1-16-25-18(21(29)24-15-17-5-8-22-9-6-17)14-20(26-16)28-12-10-27(11-13-28)19-4-2-3-7-23-19/h2-9,14H,10-13,15H2,1H3,(H,24,29). The van der Waals surface area contributed by atoms with E-state index in [1.165, 1.54) is 0 Å². The van der Waals surface area contributed by atoms with Crippen molar-refractivity contribution in [1.82, 2.24) is 25.3 Å². The Morgan fingerprint density at radius 2 is 1.69 bits per heavy atom. The monoisotopic (exact) mass is 389 g/mol. The highest BCUT2D eigenvalue weighted by atomic mass is 16.1. The highest BCUT2D eigenvalue weighted by molar-refractivity contribution is 5.92. The third-order valence-electron chi connectivity index (χ3n) is 4.84. The van der Waals surface area contributed by atoms with Crippen LogP contribution in [0.1, 0.15) is 21.9 Å². The van der Waals surface area contributed by atoms with E-state index in [0.717, 1.165) is 43.4 Å². The summed E-state index contributed by atoms with van der Waals surface area (Å²) in [4.78, 5) is 34.3. The van der Waals surface area contributed by atoms with Gasteiger partial charge in [0.25, 0.3) is 5.91 Å². The number of hydrogen-bond donors (Lipinski definition) is 1. The van der Waals surface area contributed by atoms with Crippen LogP contribution < -0.4 is 15.1 Å². The number of amides is 1. The molecule has 1 fully saturated rings. The van der Waals surface area contributed by atoms with Crippen LogP contribution in [0, 0.1) is 6.92 Å². The van der Waals surface area contributed by atoms with Crippen molar-refractivity contribution in [2.45, 2.75) is 13.5 Å². The molecule has 0 saturated carbocycles. The number of piperazine rings is 1. The number of carbonyl (C=O) groups is 1. The normalized spacial score (nSPS) is 14.0. The smallest absolute Gasteiger partial charge is 0.270 e. The van der Waals surface area contributed by atoms with Crippen molar-refractivity contribution in [3.8, 4) is 0 Å². The number of aromatic nitrogens is 4. The Morgan fingerprint density at radius 1 is 0.966 bits per heavy atom. The van der Waals surface area contributed by atoms with Crippen LogP contribution in [0.2, 0.25) is 0 Å². The molecule has 0 aliphatic carbocycles. The lowest BCUT2D eigenvalue weighted by Gasteiger charge is -2.36. The van der Waals surface area contributed by atoms with E-state index in [9.17, 15) is 4.79 Å². The molecule has 0 atom stereocenters. The van der Waals surface area contributed by atoms with E-state index >= 15 is 0 Å². The zero-order valence-corrected chi connectivity index (χ0v) is 16.3. The van der Waals surface area contributed by atoms with Crippen LogP contribution in [-0.4, -0.2) is 52.0 Å². The molecule has 0 radical (unpaired) electrons. The Balaban J connectivity index is 1.41. The molecule has 3 aromatic heterocycles. The second-order valence-corrected chi connectivity index (χ2v) is 6.86. The van der Waals surface area contributed by atoms with Gasteiger partial charge in [-0.25, -0.2) is 15.0 Å². The Kier molecular flexibility index (Phi) is 5.60. The van der Waals surface area contributed by atoms with E-state index in [4.69, 9.17) is 0 Å². The lowest BCUT2D eigenvalue weighted by molar-refractivity contribution is 0.0945. The third-order valence-corrected chi connectivity index (χ3v) is 4.84. The summed E-state index contributed by atoms with van der Waals surface area (Å²) in [5.41, 5.74) is 1.37. The van der Waals surface area contributed by atoms with Gasteiger partial charge >= 0.3 is 0 Å². The van der Waals surface area contributed by atoms with Gasteiger partial charge in [-0.15, -0.1) is 0 Å². The first-order valence-electron chi connectivity index (χ1n) is 9.63. The molecule has 148 valence electrons. The topological polar surface area (TPSA) is 87.1 Å². The molecule has 8 nitrogen and oxygen atoms in total. The van der Waals surface area contributed by atoms with E-state index in [-0.39, 0.29) is 5.91 Å². The molecular formula is C21H23N7O. The van der Waals surface area contributed by atoms with Crippen LogP contribution in [0.4, 0.5) is 11.6 Å². The fourth-order valence-corrected chi connectivity index (χ4v) is 3.31. The first-order valence-corrected chi connectivity index (χ1v) is 9.63. The Bertz CT molecular complexity index is 957. The summed E-state index contributed by atoms with van der Waals surface area (Å²) in [6.45, 7) is 5.57. The van der Waals surface area contributed by atoms with Crippen LogP contribution >= 0.6 is 0 Å². The molecular weight excluding hydrogens is 366 g/mol. The number of rotatable bonds is 5. The SMILES string of the molecule is Cc1nc(C(=O)NCc2ccncc2)cc(N2CCN(c3ccccn3)CC2)n1. The van der Waals surface area contributed by atoms with Crippen molar-refractivity contribution < 1.29 is 4.79 Å². The molecule has 4 rings (SSSR count). The summed E-state index contributed by atoms with van der Waals surface area (Å²) in [6.07, 6.45) is 5.23. The van der Waals surface area contributed by atoms with Gasteiger partial charge in [-0.1, -0.05) is 6.07 Å². The second-order valence-electron chi connectivity index (χ2n) is 6.86. The molecule has 1 amide bonds. The highest BCUT2D eigenvalue weighted by Gasteiger charge is 2.21. The molecule has 1 aliphatic rings. The van der Waals surface area contributed by atoms with Gasteiger partial charge < -0.3 is 15.1 Å². The molecule has 1 aliphatic heterocycles. The maximum atomic E-state index is 12.6. The van der Waals surface area contributed by atoms with Gasteiger partial charge in [-0.2, -0.15) is 0 Å². The number of carbonyl (C=O) groups excluding carboxylic acids is 1. The van der Waals surface area contributed by atoms with E-state index in [1.807, 2.05) is 43.5 Å². The first kappa shape index (κ1) is 18.8. The third kappa shape index (κ3) is 4.66. The van der Waals surface area contributed by atoms with Gasteiger partial charge in [0, 0.05) is 57.4 Å². The summed E-state index contributed by atoms with van der Waals surface area (Å²) in [7, 11) is 0. The fraction of sp³-hybridized carbons (Fsp3) is 0.286. The average Bonchev–Trinajstić information content (AvgIpc) is 2.78. The highest BCUT2D eigenvalue weighted by Crippen LogP contribution is 2.18. The maximum absolute atomic E-state index is 12.6. The number of anilines is 2. The van der Waals surface area contributed by atoms with Crippen LogP contribution in [0.25, 0.3) is 0 Å². The van der Waals surface area contributed by atoms with Gasteiger partial charge in [0.05, 0.1) is 0 Å². The Labute approximate surface area is 169 Å². The minimum Gasteiger partial charge on any atom is -0.353 e. The fourth-order valence-electron chi connectivity index (χ4n) is 3.31. The van der Waals surface area contributed by atoms with Crippen molar-refractivity contribution in [3.63, 3.8) is 0 Å². The van der Waals surface area contributed by atoms with E-state index in [2.05, 4.69) is 35.1 Å². The van der Waals surface area contributed by atoms with Crippen LogP contribution in [0.15, 0.2) is 55.0 Å². The molecule has 4 heterocycles. The zero-order valence-electron chi connectivity index (χ0n) is 16.3. The molecule has 29 heavy (non-hydrogen) atoms. The lowest BCUT2D eigenvalue weighted by atomic mass is 10.2. The van der Waals surface area contributed by atoms with Crippen LogP contribution in [0.5, 0.6) is 0 Å². The summed E-state index contributed by atoms with van der Waals surface area (Å²) >= 11 is 0. The number of nitrogens with zero attached hydrogens (tertiary/aromatic N) is 6. The summed E-state index contributed by atoms with van der Waals surface area (Å²) < 4.78 is 0. The number of nitrogens with one attached hydrogen (secondary N) is 1. The summed E-state index contributed by atoms with van der Waals surface area (Å²) in [5.74, 6) is 2.15. The van der Waals surface area contributed by atoms with Crippen molar-refractivity contribution in [1.29, 1.82) is 0 Å². The first-order chi connectivity index (χ1) is 14.2. The predicted octanol–water partition coefficient (Wildman–Crippen LogP) is 1.83. The Morgan fingerprint density at radius 3 is 2.38 bits per heavy atom. The molecule has 3 aromatic rings. The molecule has 0 spiro atoms. The molecule has 1 saturated heterocycles. The minimum absolute atomic E-state index is 0.208. The number of pyridine rings is 2. The lowest BCUT2D eigenvalue weighted by Crippen LogP contribution is -2.47. The van der Waals surface area contributed by atoms with Crippen molar-refractivity contribution in [2.24, 2.45) is 0 Å². The van der Waals surface area contributed by atoms with Gasteiger partial charge in [-0.05, 0) is 36.8 Å². The van der Waals surface area contributed by atoms with Crippen molar-refractivity contribution >= 4 is 17.5 Å². The van der Waals surface area contributed by atoms with Crippen LogP contribution in [0.3, 0.4) is 0 Å². The molecule has 0 aromatic carbocycles. The predicted molar refractivity (Wildman–Crippen MR) is 111 cm³/mol. The zero-order chi connectivity index (χ0) is 20.1. The second kappa shape index (κ2) is 8.64. The van der Waals surface area contributed by atoms with Crippen molar-refractivity contribution in [2.75, 3.05) is 36.0 Å². The molecule has 8 heteroatoms. The quantitative estimate of drug-likeness (QED) is 0.712. The Hall–Kier alpha value is -3.55. The van der Waals surface area contributed by atoms with E-state index in [0.29, 0.717) is 18.1 Å². The number of aryl methyl sites for hydroxylation is 1. The van der Waals surface area contributed by atoms with E-state index < -0.39 is 0 Å². The summed E-state index contributed by atoms with van der Waals surface area (Å²) in [6, 6.07) is 11.5. The maximum Gasteiger partial charge on any atom is 0.270 e. The van der Waals surface area contributed by atoms with Gasteiger partial charge in [0.2, 0.25) is 0 Å². The van der Waals surface area contributed by atoms with E-state index in [1.54, 1.807) is 18.5 Å². The van der Waals surface area contributed by atoms with Gasteiger partial charge in [0.15, 0.2) is 0 Å². The van der Waals surface area contributed by atoms with Crippen LogP contribution in [-0.2, 0) is 6.54 Å². The number of hydrogen-bond acceptors (Lipinski definition) is 7. The van der Waals surface area contributed by atoms with Gasteiger partial charge in [0.1, 0.15) is 23.2 Å². The van der Waals surface area contributed by atoms with Gasteiger partial charge in [-0.3, -0.25) is 9.78 Å². The van der Waals surface area contributed by atoms with Crippen molar-refractivity contribution in [3.05, 3.63) is 72.1 Å². The average molecular weight is 389 g/mol. The minimum atomic E-state index is -0.208.